The van der Waals surface area contributed by atoms with Crippen LogP contribution < -0.4 is 0 Å². The molecule has 1 rings (SSSR count). The number of carboxylic acid groups (broad SMARTS) is 1. The molecule has 0 aromatic heterocycles. The standard InChI is InChI=1S/C11H11NO4S3/c13-10(14)5-6-18-11(17)19-7-8-1-3-9(4-2-8)12(15)16/h1-4H,5-7H2,(H,13,14). The lowest BCUT2D eigenvalue weighted by atomic mass is 10.2. The van der Waals surface area contributed by atoms with Crippen LogP contribution in [0.3, 0.4) is 0 Å². The van der Waals surface area contributed by atoms with Gasteiger partial charge >= 0.3 is 5.97 Å². The van der Waals surface area contributed by atoms with Crippen LogP contribution in [-0.4, -0.2) is 25.3 Å². The quantitative estimate of drug-likeness (QED) is 0.489. The Morgan fingerprint density at radius 1 is 1.32 bits per heavy atom. The maximum absolute atomic E-state index is 10.5. The molecule has 0 aliphatic carbocycles. The van der Waals surface area contributed by atoms with Gasteiger partial charge in [0.25, 0.3) is 5.69 Å². The van der Waals surface area contributed by atoms with E-state index in [0.717, 1.165) is 5.56 Å². The second-order valence-electron chi connectivity index (χ2n) is 3.45. The van der Waals surface area contributed by atoms with Crippen molar-refractivity contribution >= 4 is 50.9 Å². The number of thioether (sulfide) groups is 2. The minimum Gasteiger partial charge on any atom is -0.481 e. The van der Waals surface area contributed by atoms with Crippen LogP contribution in [0.2, 0.25) is 0 Å². The van der Waals surface area contributed by atoms with Crippen LogP contribution in [0.4, 0.5) is 5.69 Å². The number of nitrogens with zero attached hydrogens (tertiary/aromatic N) is 1. The van der Waals surface area contributed by atoms with Crippen molar-refractivity contribution in [3.05, 3.63) is 39.9 Å². The van der Waals surface area contributed by atoms with Crippen molar-refractivity contribution in [3.63, 3.8) is 0 Å². The molecule has 0 heterocycles. The number of carboxylic acids is 1. The number of hydrogen-bond donors (Lipinski definition) is 1. The van der Waals surface area contributed by atoms with Crippen molar-refractivity contribution in [2.24, 2.45) is 0 Å². The fourth-order valence-corrected chi connectivity index (χ4v) is 3.23. The van der Waals surface area contributed by atoms with Crippen LogP contribution in [-0.2, 0) is 10.5 Å². The lowest BCUT2D eigenvalue weighted by Gasteiger charge is -2.02. The highest BCUT2D eigenvalue weighted by molar-refractivity contribution is 8.46. The summed E-state index contributed by atoms with van der Waals surface area (Å²) in [5.74, 6) is 0.244. The summed E-state index contributed by atoms with van der Waals surface area (Å²) < 4.78 is 0.680. The molecule has 0 saturated carbocycles. The summed E-state index contributed by atoms with van der Waals surface area (Å²) in [4.78, 5) is 20.4. The largest absolute Gasteiger partial charge is 0.481 e. The molecular formula is C11H11NO4S3. The third-order valence-corrected chi connectivity index (χ3v) is 4.81. The number of hydrogen-bond acceptors (Lipinski definition) is 6. The van der Waals surface area contributed by atoms with Gasteiger partial charge in [0.15, 0.2) is 0 Å². The molecule has 5 nitrogen and oxygen atoms in total. The van der Waals surface area contributed by atoms with Crippen LogP contribution in [0, 0.1) is 10.1 Å². The molecule has 0 radical (unpaired) electrons. The van der Waals surface area contributed by atoms with Gasteiger partial charge < -0.3 is 5.11 Å². The van der Waals surface area contributed by atoms with E-state index in [2.05, 4.69) is 0 Å². The van der Waals surface area contributed by atoms with Gasteiger partial charge in [0.1, 0.15) is 3.53 Å². The van der Waals surface area contributed by atoms with Gasteiger partial charge in [0.2, 0.25) is 0 Å². The molecule has 1 aromatic rings. The summed E-state index contributed by atoms with van der Waals surface area (Å²) in [6, 6.07) is 6.29. The normalized spacial score (nSPS) is 10.1. The minimum absolute atomic E-state index is 0.0622. The fourth-order valence-electron chi connectivity index (χ4n) is 1.12. The average molecular weight is 317 g/mol. The van der Waals surface area contributed by atoms with Crippen LogP contribution in [0.5, 0.6) is 0 Å². The Morgan fingerprint density at radius 2 is 1.95 bits per heavy atom. The molecule has 0 saturated heterocycles. The highest BCUT2D eigenvalue weighted by Crippen LogP contribution is 2.23. The summed E-state index contributed by atoms with van der Waals surface area (Å²) in [6.45, 7) is 0. The predicted molar refractivity (Wildman–Crippen MR) is 81.7 cm³/mol. The van der Waals surface area contributed by atoms with Crippen LogP contribution in [0.25, 0.3) is 0 Å². The summed E-state index contributed by atoms with van der Waals surface area (Å²) in [7, 11) is 0. The highest BCUT2D eigenvalue weighted by Gasteiger charge is 2.06. The molecule has 0 unspecified atom stereocenters. The van der Waals surface area contributed by atoms with E-state index in [1.165, 1.54) is 35.7 Å². The second-order valence-corrected chi connectivity index (χ2v) is 6.73. The van der Waals surface area contributed by atoms with Gasteiger partial charge in [-0.2, -0.15) is 0 Å². The van der Waals surface area contributed by atoms with Gasteiger partial charge in [0, 0.05) is 23.6 Å². The summed E-state index contributed by atoms with van der Waals surface area (Å²) >= 11 is 7.86. The Morgan fingerprint density at radius 3 is 2.47 bits per heavy atom. The molecule has 0 bridgehead atoms. The number of nitro groups is 1. The Hall–Kier alpha value is -1.12. The van der Waals surface area contributed by atoms with Crippen molar-refractivity contribution in [2.45, 2.75) is 12.2 Å². The first-order valence-electron chi connectivity index (χ1n) is 5.23. The van der Waals surface area contributed by atoms with Crippen molar-refractivity contribution in [1.29, 1.82) is 0 Å². The van der Waals surface area contributed by atoms with Gasteiger partial charge in [0.05, 0.1) is 11.3 Å². The number of non-ortho nitro benzene ring substituents is 1. The van der Waals surface area contributed by atoms with E-state index in [4.69, 9.17) is 17.3 Å². The van der Waals surface area contributed by atoms with Gasteiger partial charge in [-0.1, -0.05) is 24.4 Å². The fraction of sp³-hybridized carbons (Fsp3) is 0.273. The smallest absolute Gasteiger partial charge is 0.304 e. The number of benzene rings is 1. The Balaban J connectivity index is 2.33. The maximum atomic E-state index is 10.5. The maximum Gasteiger partial charge on any atom is 0.304 e. The van der Waals surface area contributed by atoms with Gasteiger partial charge in [-0.25, -0.2) is 0 Å². The van der Waals surface area contributed by atoms with E-state index >= 15 is 0 Å². The average Bonchev–Trinajstić information content (AvgIpc) is 2.36. The molecule has 0 aliphatic rings. The van der Waals surface area contributed by atoms with Crippen LogP contribution in [0.15, 0.2) is 24.3 Å². The molecule has 0 fully saturated rings. The molecule has 8 heteroatoms. The van der Waals surface area contributed by atoms with E-state index in [1.54, 1.807) is 12.1 Å². The topological polar surface area (TPSA) is 80.4 Å². The first-order valence-corrected chi connectivity index (χ1v) is 7.61. The molecule has 0 aliphatic heterocycles. The minimum atomic E-state index is -0.837. The van der Waals surface area contributed by atoms with E-state index in [9.17, 15) is 14.9 Å². The summed E-state index contributed by atoms with van der Waals surface area (Å²) in [5.41, 5.74) is 1.00. The van der Waals surface area contributed by atoms with E-state index in [1.807, 2.05) is 0 Å². The third-order valence-electron chi connectivity index (χ3n) is 2.04. The zero-order chi connectivity index (χ0) is 14.3. The molecular weight excluding hydrogens is 306 g/mol. The predicted octanol–water partition coefficient (Wildman–Crippen LogP) is 3.32. The van der Waals surface area contributed by atoms with E-state index in [0.29, 0.717) is 15.0 Å². The third kappa shape index (κ3) is 6.55. The molecule has 0 spiro atoms. The van der Waals surface area contributed by atoms with Crippen molar-refractivity contribution < 1.29 is 14.8 Å². The Kier molecular flexibility index (Phi) is 6.82. The van der Waals surface area contributed by atoms with Crippen molar-refractivity contribution in [2.75, 3.05) is 5.75 Å². The number of carbonyl (C=O) groups is 1. The number of thiocarbonyl (C=S) groups is 1. The molecule has 19 heavy (non-hydrogen) atoms. The summed E-state index contributed by atoms with van der Waals surface area (Å²) in [5, 5.41) is 19.0. The van der Waals surface area contributed by atoms with Crippen LogP contribution in [0.1, 0.15) is 12.0 Å². The molecule has 1 N–H and O–H groups in total. The van der Waals surface area contributed by atoms with Gasteiger partial charge in [-0.05, 0) is 5.56 Å². The zero-order valence-corrected chi connectivity index (χ0v) is 12.2. The van der Waals surface area contributed by atoms with Crippen LogP contribution >= 0.6 is 35.7 Å². The van der Waals surface area contributed by atoms with E-state index in [-0.39, 0.29) is 12.1 Å². The number of rotatable bonds is 6. The van der Waals surface area contributed by atoms with Crippen molar-refractivity contribution in [1.82, 2.24) is 0 Å². The monoisotopic (exact) mass is 317 g/mol. The number of aliphatic carboxylic acids is 1. The molecule has 0 atom stereocenters. The highest BCUT2D eigenvalue weighted by atomic mass is 32.2. The van der Waals surface area contributed by atoms with E-state index < -0.39 is 10.9 Å². The Bertz CT molecular complexity index is 475. The Labute approximate surface area is 123 Å². The number of nitro benzene ring substituents is 1. The van der Waals surface area contributed by atoms with Gasteiger partial charge in [-0.15, -0.1) is 23.5 Å². The zero-order valence-electron chi connectivity index (χ0n) is 9.77. The molecule has 1 aromatic carbocycles. The SMILES string of the molecule is O=C(O)CCSC(=S)SCc1ccc([N+](=O)[O-])cc1. The lowest BCUT2D eigenvalue weighted by Crippen LogP contribution is -1.97. The molecule has 0 amide bonds. The first kappa shape index (κ1) is 15.9. The first-order chi connectivity index (χ1) is 8.99. The molecule has 102 valence electrons. The van der Waals surface area contributed by atoms with Gasteiger partial charge in [-0.3, -0.25) is 14.9 Å². The second kappa shape index (κ2) is 8.13. The van der Waals surface area contributed by atoms with Crippen molar-refractivity contribution in [3.8, 4) is 0 Å². The summed E-state index contributed by atoms with van der Waals surface area (Å²) in [6.07, 6.45) is 0.0862. The lowest BCUT2D eigenvalue weighted by molar-refractivity contribution is -0.384.